The molecule has 2 N–H and O–H groups in total. The largest absolute Gasteiger partial charge is 0.367 e. The van der Waals surface area contributed by atoms with E-state index in [0.29, 0.717) is 17.9 Å². The first-order valence-electron chi connectivity index (χ1n) is 6.65. The van der Waals surface area contributed by atoms with Crippen LogP contribution in [0.3, 0.4) is 0 Å². The van der Waals surface area contributed by atoms with E-state index in [1.54, 1.807) is 6.07 Å². The van der Waals surface area contributed by atoms with Crippen LogP contribution in [0.5, 0.6) is 0 Å². The molecule has 0 spiro atoms. The standard InChI is InChI=1S/C13H22N4O/c1-4-11-15-12(8-13(18)16-11)14-10-5-6-17(3)9(2)7-10/h8-10H,4-7H2,1-3H3,(H2,14,15,16,18). The van der Waals surface area contributed by atoms with Gasteiger partial charge in [-0.1, -0.05) is 6.92 Å². The normalized spacial score (nSPS) is 25.1. The van der Waals surface area contributed by atoms with Crippen LogP contribution in [0.1, 0.15) is 32.5 Å². The molecule has 18 heavy (non-hydrogen) atoms. The molecule has 0 radical (unpaired) electrons. The Balaban J connectivity index is 2.05. The number of aromatic amines is 1. The molecule has 2 atom stereocenters. The minimum absolute atomic E-state index is 0.0784. The minimum atomic E-state index is -0.0784. The molecule has 5 nitrogen and oxygen atoms in total. The first-order chi connectivity index (χ1) is 8.58. The Labute approximate surface area is 108 Å². The highest BCUT2D eigenvalue weighted by Gasteiger charge is 2.22. The van der Waals surface area contributed by atoms with Gasteiger partial charge < -0.3 is 15.2 Å². The summed E-state index contributed by atoms with van der Waals surface area (Å²) in [5, 5.41) is 3.39. The molecule has 0 amide bonds. The van der Waals surface area contributed by atoms with Crippen LogP contribution in [0.2, 0.25) is 0 Å². The molecule has 0 aromatic carbocycles. The quantitative estimate of drug-likeness (QED) is 0.847. The van der Waals surface area contributed by atoms with Crippen molar-refractivity contribution in [3.05, 3.63) is 22.2 Å². The van der Waals surface area contributed by atoms with Crippen LogP contribution < -0.4 is 10.9 Å². The summed E-state index contributed by atoms with van der Waals surface area (Å²) in [5.41, 5.74) is -0.0784. The maximum absolute atomic E-state index is 11.5. The highest BCUT2D eigenvalue weighted by molar-refractivity contribution is 5.34. The molecule has 1 aliphatic rings. The molecule has 1 aromatic rings. The monoisotopic (exact) mass is 250 g/mol. The molecule has 2 heterocycles. The Hall–Kier alpha value is -1.36. The molecule has 2 rings (SSSR count). The summed E-state index contributed by atoms with van der Waals surface area (Å²) in [6.45, 7) is 5.30. The third-order valence-electron chi connectivity index (χ3n) is 3.69. The van der Waals surface area contributed by atoms with Crippen molar-refractivity contribution in [1.82, 2.24) is 14.9 Å². The molecule has 1 saturated heterocycles. The van der Waals surface area contributed by atoms with Crippen LogP contribution in [0.15, 0.2) is 10.9 Å². The molecule has 1 aromatic heterocycles. The Morgan fingerprint density at radius 3 is 3.06 bits per heavy atom. The highest BCUT2D eigenvalue weighted by atomic mass is 16.1. The Kier molecular flexibility index (Phi) is 4.01. The minimum Gasteiger partial charge on any atom is -0.367 e. The fraction of sp³-hybridized carbons (Fsp3) is 0.692. The predicted molar refractivity (Wildman–Crippen MR) is 73.0 cm³/mol. The zero-order chi connectivity index (χ0) is 13.1. The van der Waals surface area contributed by atoms with Crippen molar-refractivity contribution in [2.75, 3.05) is 18.9 Å². The highest BCUT2D eigenvalue weighted by Crippen LogP contribution is 2.18. The number of aromatic nitrogens is 2. The smallest absolute Gasteiger partial charge is 0.252 e. The molecular formula is C13H22N4O. The molecule has 0 bridgehead atoms. The van der Waals surface area contributed by atoms with Gasteiger partial charge in [0.15, 0.2) is 0 Å². The third kappa shape index (κ3) is 3.10. The van der Waals surface area contributed by atoms with Crippen LogP contribution in [0.25, 0.3) is 0 Å². The van der Waals surface area contributed by atoms with Gasteiger partial charge in [-0.15, -0.1) is 0 Å². The van der Waals surface area contributed by atoms with Crippen LogP contribution in [0.4, 0.5) is 5.82 Å². The zero-order valence-corrected chi connectivity index (χ0v) is 11.4. The molecule has 5 heteroatoms. The second-order valence-electron chi connectivity index (χ2n) is 5.13. The summed E-state index contributed by atoms with van der Waals surface area (Å²) in [6, 6.07) is 2.53. The van der Waals surface area contributed by atoms with Gasteiger partial charge in [-0.05, 0) is 26.8 Å². The van der Waals surface area contributed by atoms with Crippen molar-refractivity contribution in [2.24, 2.45) is 0 Å². The average Bonchev–Trinajstić information content (AvgIpc) is 2.33. The van der Waals surface area contributed by atoms with E-state index >= 15 is 0 Å². The Morgan fingerprint density at radius 2 is 2.39 bits per heavy atom. The van der Waals surface area contributed by atoms with Crippen molar-refractivity contribution in [3.8, 4) is 0 Å². The molecule has 0 aliphatic carbocycles. The summed E-state index contributed by atoms with van der Waals surface area (Å²) < 4.78 is 0. The predicted octanol–water partition coefficient (Wildman–Crippen LogP) is 1.23. The van der Waals surface area contributed by atoms with Crippen molar-refractivity contribution in [1.29, 1.82) is 0 Å². The topological polar surface area (TPSA) is 61.0 Å². The van der Waals surface area contributed by atoms with E-state index in [2.05, 4.69) is 34.2 Å². The van der Waals surface area contributed by atoms with Gasteiger partial charge in [0.1, 0.15) is 11.6 Å². The van der Waals surface area contributed by atoms with E-state index in [0.717, 1.165) is 31.6 Å². The van der Waals surface area contributed by atoms with Crippen LogP contribution in [0, 0.1) is 0 Å². The summed E-state index contributed by atoms with van der Waals surface area (Å²) in [4.78, 5) is 21.0. The number of aryl methyl sites for hydroxylation is 1. The van der Waals surface area contributed by atoms with E-state index in [4.69, 9.17) is 0 Å². The van der Waals surface area contributed by atoms with Crippen LogP contribution >= 0.6 is 0 Å². The lowest BCUT2D eigenvalue weighted by Gasteiger charge is -2.35. The average molecular weight is 250 g/mol. The second-order valence-corrected chi connectivity index (χ2v) is 5.13. The molecule has 2 unspecified atom stereocenters. The van der Waals surface area contributed by atoms with E-state index in [1.807, 2.05) is 6.92 Å². The summed E-state index contributed by atoms with van der Waals surface area (Å²) in [5.74, 6) is 1.45. The van der Waals surface area contributed by atoms with Crippen molar-refractivity contribution in [2.45, 2.75) is 45.2 Å². The summed E-state index contributed by atoms with van der Waals surface area (Å²) in [7, 11) is 2.15. The number of nitrogens with zero attached hydrogens (tertiary/aromatic N) is 2. The fourth-order valence-electron chi connectivity index (χ4n) is 2.38. The van der Waals surface area contributed by atoms with E-state index in [-0.39, 0.29) is 5.56 Å². The van der Waals surface area contributed by atoms with Gasteiger partial charge in [-0.25, -0.2) is 4.98 Å². The van der Waals surface area contributed by atoms with Crippen molar-refractivity contribution < 1.29 is 0 Å². The first-order valence-corrected chi connectivity index (χ1v) is 6.65. The SMILES string of the molecule is CCc1nc(NC2CCN(C)C(C)C2)cc(=O)[nH]1. The number of likely N-dealkylation sites (tertiary alicyclic amines) is 1. The number of rotatable bonds is 3. The molecular weight excluding hydrogens is 228 g/mol. The second kappa shape index (κ2) is 5.52. The molecule has 1 fully saturated rings. The summed E-state index contributed by atoms with van der Waals surface area (Å²) in [6.07, 6.45) is 2.93. The van der Waals surface area contributed by atoms with Gasteiger partial charge in [0.25, 0.3) is 5.56 Å². The number of H-pyrrole nitrogens is 1. The van der Waals surface area contributed by atoms with Gasteiger partial charge in [-0.2, -0.15) is 0 Å². The van der Waals surface area contributed by atoms with Gasteiger partial charge in [0.2, 0.25) is 0 Å². The third-order valence-corrected chi connectivity index (χ3v) is 3.69. The number of nitrogens with one attached hydrogen (secondary N) is 2. The maximum atomic E-state index is 11.5. The first kappa shape index (κ1) is 13.1. The molecule has 100 valence electrons. The van der Waals surface area contributed by atoms with Gasteiger partial charge in [0.05, 0.1) is 0 Å². The lowest BCUT2D eigenvalue weighted by atomic mass is 9.99. The molecule has 1 aliphatic heterocycles. The van der Waals surface area contributed by atoms with E-state index < -0.39 is 0 Å². The van der Waals surface area contributed by atoms with Crippen LogP contribution in [-0.4, -0.2) is 40.5 Å². The van der Waals surface area contributed by atoms with E-state index in [9.17, 15) is 4.79 Å². The number of hydrogen-bond donors (Lipinski definition) is 2. The summed E-state index contributed by atoms with van der Waals surface area (Å²) >= 11 is 0. The van der Waals surface area contributed by atoms with Crippen molar-refractivity contribution in [3.63, 3.8) is 0 Å². The Morgan fingerprint density at radius 1 is 1.61 bits per heavy atom. The number of piperidine rings is 1. The van der Waals surface area contributed by atoms with Crippen LogP contribution in [-0.2, 0) is 6.42 Å². The Bertz CT molecular complexity index is 457. The lowest BCUT2D eigenvalue weighted by molar-refractivity contribution is 0.190. The van der Waals surface area contributed by atoms with Gasteiger partial charge in [0, 0.05) is 31.1 Å². The fourth-order valence-corrected chi connectivity index (χ4v) is 2.38. The maximum Gasteiger partial charge on any atom is 0.252 e. The van der Waals surface area contributed by atoms with Gasteiger partial charge >= 0.3 is 0 Å². The number of hydrogen-bond acceptors (Lipinski definition) is 4. The number of anilines is 1. The van der Waals surface area contributed by atoms with E-state index in [1.165, 1.54) is 0 Å². The van der Waals surface area contributed by atoms with Crippen molar-refractivity contribution >= 4 is 5.82 Å². The molecule has 0 saturated carbocycles. The lowest BCUT2D eigenvalue weighted by Crippen LogP contribution is -2.42. The van der Waals surface area contributed by atoms with Gasteiger partial charge in [-0.3, -0.25) is 4.79 Å². The zero-order valence-electron chi connectivity index (χ0n) is 11.4.